The predicted molar refractivity (Wildman–Crippen MR) is 116 cm³/mol. The minimum absolute atomic E-state index is 0.143. The maximum atomic E-state index is 14.7. The van der Waals surface area contributed by atoms with E-state index in [1.807, 2.05) is 12.1 Å². The summed E-state index contributed by atoms with van der Waals surface area (Å²) in [6.07, 6.45) is -3.16. The number of fused-ring (bicyclic) bond motifs is 1. The van der Waals surface area contributed by atoms with Gasteiger partial charge in [0.15, 0.2) is 0 Å². The molecule has 4 rings (SSSR count). The first-order chi connectivity index (χ1) is 15.7. The molecule has 10 heteroatoms. The largest absolute Gasteiger partial charge is 0.495 e. The van der Waals surface area contributed by atoms with Crippen LogP contribution in [0.2, 0.25) is 0 Å². The highest BCUT2D eigenvalue weighted by Crippen LogP contribution is 2.38. The first-order valence-corrected chi connectivity index (χ1v) is 10.0. The van der Waals surface area contributed by atoms with Crippen LogP contribution in [-0.2, 0) is 6.18 Å². The zero-order valence-corrected chi connectivity index (χ0v) is 17.7. The van der Waals surface area contributed by atoms with Gasteiger partial charge in [0, 0.05) is 30.3 Å². The molecule has 0 aromatic heterocycles. The summed E-state index contributed by atoms with van der Waals surface area (Å²) < 4.78 is 58.7. The molecule has 1 aliphatic heterocycles. The minimum atomic E-state index is -4.62. The normalized spacial score (nSPS) is 19.6. The maximum absolute atomic E-state index is 14.7. The van der Waals surface area contributed by atoms with Gasteiger partial charge in [-0.3, -0.25) is 0 Å². The lowest BCUT2D eigenvalue weighted by Crippen LogP contribution is -2.34. The van der Waals surface area contributed by atoms with Gasteiger partial charge in [-0.05, 0) is 36.2 Å². The highest BCUT2D eigenvalue weighted by atomic mass is 19.4. The van der Waals surface area contributed by atoms with Crippen molar-refractivity contribution in [1.82, 2.24) is 5.32 Å². The topological polar surface area (TPSA) is 81.8 Å². The van der Waals surface area contributed by atoms with E-state index in [4.69, 9.17) is 10.00 Å². The molecule has 2 aromatic rings. The molecule has 2 aliphatic rings. The average molecular weight is 457 g/mol. The van der Waals surface area contributed by atoms with E-state index in [0.29, 0.717) is 46.6 Å². The van der Waals surface area contributed by atoms with Gasteiger partial charge in [0.25, 0.3) is 0 Å². The standard InChI is InChI=1S/C23H19F4N5O/c1-29-21-17-8-7-16(15-6-4-13(9-18(15)24)23(25,26)27)20(17)31-22(32-21)30-14-5-3-12(11-28)19(10-14)33-2/h3-6,8-10,16,22,30H,7H2,1-2H3,(H,29,32). The highest BCUT2D eigenvalue weighted by molar-refractivity contribution is 6.27. The molecule has 0 bridgehead atoms. The summed E-state index contributed by atoms with van der Waals surface area (Å²) in [5, 5.41) is 15.3. The van der Waals surface area contributed by atoms with Crippen LogP contribution in [0.3, 0.4) is 0 Å². The Morgan fingerprint density at radius 3 is 2.58 bits per heavy atom. The van der Waals surface area contributed by atoms with Crippen LogP contribution in [0.4, 0.5) is 23.2 Å². The molecule has 2 aromatic carbocycles. The van der Waals surface area contributed by atoms with Crippen LogP contribution in [-0.4, -0.2) is 32.0 Å². The highest BCUT2D eigenvalue weighted by Gasteiger charge is 2.36. The van der Waals surface area contributed by atoms with Gasteiger partial charge < -0.3 is 15.4 Å². The van der Waals surface area contributed by atoms with Crippen molar-refractivity contribution in [1.29, 1.82) is 5.26 Å². The third-order valence-electron chi connectivity index (χ3n) is 5.49. The van der Waals surface area contributed by atoms with Crippen molar-refractivity contribution in [3.05, 3.63) is 70.6 Å². The number of alkyl halides is 3. The van der Waals surface area contributed by atoms with Crippen LogP contribution in [0.5, 0.6) is 5.75 Å². The van der Waals surface area contributed by atoms with Gasteiger partial charge in [0.2, 0.25) is 6.29 Å². The van der Waals surface area contributed by atoms with Gasteiger partial charge in [-0.1, -0.05) is 12.1 Å². The van der Waals surface area contributed by atoms with Crippen LogP contribution in [0.25, 0.3) is 0 Å². The number of aliphatic imine (C=N–C) groups is 2. The third kappa shape index (κ3) is 4.26. The van der Waals surface area contributed by atoms with E-state index in [1.54, 1.807) is 25.2 Å². The molecule has 6 nitrogen and oxygen atoms in total. The number of halogens is 4. The second-order valence-corrected chi connectivity index (χ2v) is 7.43. The number of nitrogens with one attached hydrogen (secondary N) is 2. The number of likely N-dealkylation sites (N-methyl/N-ethyl adjacent to an activating group) is 1. The van der Waals surface area contributed by atoms with E-state index in [1.165, 1.54) is 13.2 Å². The van der Waals surface area contributed by atoms with Gasteiger partial charge in [-0.25, -0.2) is 14.4 Å². The monoisotopic (exact) mass is 457 g/mol. The molecular formula is C23H19F4N5O. The number of rotatable bonds is 4. The lowest BCUT2D eigenvalue weighted by atomic mass is 9.91. The quantitative estimate of drug-likeness (QED) is 0.658. The number of ether oxygens (including phenoxy) is 1. The molecule has 170 valence electrons. The third-order valence-corrected chi connectivity index (χ3v) is 5.49. The summed E-state index contributed by atoms with van der Waals surface area (Å²) in [7, 11) is 3.15. The van der Waals surface area contributed by atoms with E-state index >= 15 is 0 Å². The van der Waals surface area contributed by atoms with Gasteiger partial charge in [0.1, 0.15) is 23.5 Å². The van der Waals surface area contributed by atoms with Gasteiger partial charge >= 0.3 is 6.18 Å². The smallest absolute Gasteiger partial charge is 0.416 e. The van der Waals surface area contributed by atoms with Crippen molar-refractivity contribution in [2.75, 3.05) is 19.5 Å². The van der Waals surface area contributed by atoms with E-state index in [0.717, 1.165) is 6.07 Å². The van der Waals surface area contributed by atoms with Gasteiger partial charge in [-0.15, -0.1) is 0 Å². The first-order valence-electron chi connectivity index (χ1n) is 10.0. The Labute approximate surface area is 187 Å². The Hall–Kier alpha value is -3.87. The number of hydrogen-bond acceptors (Lipinski definition) is 6. The second-order valence-electron chi connectivity index (χ2n) is 7.43. The molecule has 0 fully saturated rings. The van der Waals surface area contributed by atoms with Crippen molar-refractivity contribution in [3.8, 4) is 11.8 Å². The lowest BCUT2D eigenvalue weighted by molar-refractivity contribution is -0.137. The maximum Gasteiger partial charge on any atom is 0.416 e. The first kappa shape index (κ1) is 22.3. The molecule has 0 radical (unpaired) electrons. The summed E-state index contributed by atoms with van der Waals surface area (Å²) in [6.45, 7) is 0. The molecule has 2 atom stereocenters. The SMILES string of the molecule is CNC1=NC(Nc2ccc(C#N)c(OC)c2)N=C2C1=CCC2c1ccc(C(F)(F)F)cc1F. The molecule has 1 heterocycles. The number of nitriles is 1. The van der Waals surface area contributed by atoms with Crippen LogP contribution in [0.1, 0.15) is 29.0 Å². The number of hydrogen-bond donors (Lipinski definition) is 2. The molecular weight excluding hydrogens is 438 g/mol. The van der Waals surface area contributed by atoms with Crippen LogP contribution >= 0.6 is 0 Å². The minimum Gasteiger partial charge on any atom is -0.495 e. The van der Waals surface area contributed by atoms with Crippen LogP contribution < -0.4 is 15.4 Å². The number of allylic oxidation sites excluding steroid dienone is 1. The van der Waals surface area contributed by atoms with Gasteiger partial charge in [0.05, 0.1) is 23.9 Å². The molecule has 2 N–H and O–H groups in total. The number of nitrogens with zero attached hydrogens (tertiary/aromatic N) is 3. The number of methoxy groups -OCH3 is 1. The second kappa shape index (κ2) is 8.58. The molecule has 0 spiro atoms. The Morgan fingerprint density at radius 2 is 1.94 bits per heavy atom. The van der Waals surface area contributed by atoms with Crippen LogP contribution in [0.15, 0.2) is 58.0 Å². The van der Waals surface area contributed by atoms with E-state index in [2.05, 4.69) is 20.6 Å². The summed E-state index contributed by atoms with van der Waals surface area (Å²) in [5.74, 6) is -0.550. The van der Waals surface area contributed by atoms with E-state index < -0.39 is 29.8 Å². The fourth-order valence-corrected chi connectivity index (χ4v) is 3.92. The molecule has 2 unspecified atom stereocenters. The van der Waals surface area contributed by atoms with Gasteiger partial charge in [-0.2, -0.15) is 18.4 Å². The fraction of sp³-hybridized carbons (Fsp3) is 0.261. The zero-order valence-electron chi connectivity index (χ0n) is 17.7. The van der Waals surface area contributed by atoms with Crippen molar-refractivity contribution in [3.63, 3.8) is 0 Å². The molecule has 0 amide bonds. The number of amidine groups is 1. The molecule has 33 heavy (non-hydrogen) atoms. The average Bonchev–Trinajstić information content (AvgIpc) is 3.21. The van der Waals surface area contributed by atoms with Crippen molar-refractivity contribution < 1.29 is 22.3 Å². The van der Waals surface area contributed by atoms with E-state index in [9.17, 15) is 17.6 Å². The summed E-state index contributed by atoms with van der Waals surface area (Å²) in [6, 6.07) is 9.52. The fourth-order valence-electron chi connectivity index (χ4n) is 3.92. The van der Waals surface area contributed by atoms with Crippen molar-refractivity contribution in [2.45, 2.75) is 24.8 Å². The lowest BCUT2D eigenvalue weighted by Gasteiger charge is -2.24. The number of benzene rings is 2. The summed E-state index contributed by atoms with van der Waals surface area (Å²) in [5.41, 5.74) is 1.30. The Morgan fingerprint density at radius 1 is 1.15 bits per heavy atom. The Kier molecular flexibility index (Phi) is 5.80. The van der Waals surface area contributed by atoms with Crippen LogP contribution in [0, 0.1) is 17.1 Å². The van der Waals surface area contributed by atoms with E-state index in [-0.39, 0.29) is 5.56 Å². The zero-order chi connectivity index (χ0) is 23.8. The predicted octanol–water partition coefficient (Wildman–Crippen LogP) is 4.61. The van der Waals surface area contributed by atoms with Crippen molar-refractivity contribution in [2.24, 2.45) is 9.98 Å². The molecule has 0 saturated carbocycles. The van der Waals surface area contributed by atoms with Crippen molar-refractivity contribution >= 4 is 17.2 Å². The molecule has 1 aliphatic carbocycles. The number of anilines is 1. The Bertz CT molecular complexity index is 1230. The summed E-state index contributed by atoms with van der Waals surface area (Å²) in [4.78, 5) is 9.14. The molecule has 0 saturated heterocycles. The Balaban J connectivity index is 1.66. The summed E-state index contributed by atoms with van der Waals surface area (Å²) >= 11 is 0.